The first-order chi connectivity index (χ1) is 8.11. The van der Waals surface area contributed by atoms with Crippen molar-refractivity contribution in [2.75, 3.05) is 25.7 Å². The van der Waals surface area contributed by atoms with Gasteiger partial charge in [0.05, 0.1) is 29.5 Å². The summed E-state index contributed by atoms with van der Waals surface area (Å²) in [6.45, 7) is 3.28. The van der Waals surface area contributed by atoms with Crippen LogP contribution in [0.4, 0.5) is 0 Å². The van der Waals surface area contributed by atoms with Crippen LogP contribution < -0.4 is 0 Å². The normalized spacial score (nSPS) is 14.9. The fourth-order valence-electron chi connectivity index (χ4n) is 1.65. The SMILES string of the molecule is COCCn1ncc(Br)c1C(O)C(C)CSC. The van der Waals surface area contributed by atoms with Crippen molar-refractivity contribution in [3.8, 4) is 0 Å². The van der Waals surface area contributed by atoms with E-state index in [1.807, 2.05) is 13.2 Å². The quantitative estimate of drug-likeness (QED) is 0.837. The van der Waals surface area contributed by atoms with Crippen molar-refractivity contribution in [3.05, 3.63) is 16.4 Å². The molecule has 1 heterocycles. The van der Waals surface area contributed by atoms with E-state index in [0.29, 0.717) is 13.2 Å². The predicted octanol–water partition coefficient (Wildman–Crippen LogP) is 2.32. The molecule has 0 saturated carbocycles. The van der Waals surface area contributed by atoms with Gasteiger partial charge < -0.3 is 9.84 Å². The maximum atomic E-state index is 10.3. The number of aromatic nitrogens is 2. The van der Waals surface area contributed by atoms with Crippen LogP contribution in [0.25, 0.3) is 0 Å². The highest BCUT2D eigenvalue weighted by atomic mass is 79.9. The lowest BCUT2D eigenvalue weighted by Gasteiger charge is -2.19. The number of rotatable bonds is 7. The summed E-state index contributed by atoms with van der Waals surface area (Å²) in [4.78, 5) is 0. The number of hydrogen-bond donors (Lipinski definition) is 1. The van der Waals surface area contributed by atoms with Crippen LogP contribution in [0, 0.1) is 5.92 Å². The largest absolute Gasteiger partial charge is 0.386 e. The molecule has 4 nitrogen and oxygen atoms in total. The van der Waals surface area contributed by atoms with Crippen molar-refractivity contribution < 1.29 is 9.84 Å². The van der Waals surface area contributed by atoms with Gasteiger partial charge in [0.1, 0.15) is 6.10 Å². The first-order valence-electron chi connectivity index (χ1n) is 5.49. The molecule has 0 saturated heterocycles. The van der Waals surface area contributed by atoms with E-state index in [9.17, 15) is 5.11 Å². The highest BCUT2D eigenvalue weighted by Crippen LogP contribution is 2.29. The van der Waals surface area contributed by atoms with Crippen LogP contribution >= 0.6 is 27.7 Å². The third-order valence-corrected chi connectivity index (χ3v) is 4.06. The van der Waals surface area contributed by atoms with E-state index in [1.54, 1.807) is 29.8 Å². The van der Waals surface area contributed by atoms with E-state index in [1.165, 1.54) is 0 Å². The van der Waals surface area contributed by atoms with Crippen molar-refractivity contribution in [2.45, 2.75) is 19.6 Å². The van der Waals surface area contributed by atoms with Crippen LogP contribution in [-0.4, -0.2) is 40.6 Å². The van der Waals surface area contributed by atoms with Crippen molar-refractivity contribution in [1.82, 2.24) is 9.78 Å². The van der Waals surface area contributed by atoms with E-state index in [2.05, 4.69) is 21.0 Å². The molecule has 0 amide bonds. The predicted molar refractivity (Wildman–Crippen MR) is 74.3 cm³/mol. The number of aliphatic hydroxyl groups excluding tert-OH is 1. The smallest absolute Gasteiger partial charge is 0.100 e. The zero-order valence-electron chi connectivity index (χ0n) is 10.4. The maximum Gasteiger partial charge on any atom is 0.100 e. The molecule has 0 bridgehead atoms. The monoisotopic (exact) mass is 322 g/mol. The Balaban J connectivity index is 2.83. The summed E-state index contributed by atoms with van der Waals surface area (Å²) < 4.78 is 7.69. The summed E-state index contributed by atoms with van der Waals surface area (Å²) in [6.07, 6.45) is 3.26. The molecule has 0 aliphatic carbocycles. The van der Waals surface area contributed by atoms with Gasteiger partial charge in [-0.25, -0.2) is 0 Å². The van der Waals surface area contributed by atoms with E-state index in [-0.39, 0.29) is 5.92 Å². The minimum absolute atomic E-state index is 0.194. The van der Waals surface area contributed by atoms with Crippen LogP contribution in [0.2, 0.25) is 0 Å². The van der Waals surface area contributed by atoms with Gasteiger partial charge in [0.15, 0.2) is 0 Å². The van der Waals surface area contributed by atoms with Gasteiger partial charge in [0.25, 0.3) is 0 Å². The zero-order chi connectivity index (χ0) is 12.8. The molecule has 2 unspecified atom stereocenters. The van der Waals surface area contributed by atoms with Crippen LogP contribution in [-0.2, 0) is 11.3 Å². The molecule has 0 fully saturated rings. The summed E-state index contributed by atoms with van der Waals surface area (Å²) in [5, 5.41) is 14.6. The fourth-order valence-corrected chi connectivity index (χ4v) is 2.88. The Labute approximate surface area is 115 Å². The summed E-state index contributed by atoms with van der Waals surface area (Å²) in [5.41, 5.74) is 0.837. The zero-order valence-corrected chi connectivity index (χ0v) is 12.8. The average molecular weight is 323 g/mol. The summed E-state index contributed by atoms with van der Waals surface area (Å²) in [7, 11) is 1.66. The molecular formula is C11H19BrN2O2S. The Morgan fingerprint density at radius 2 is 2.35 bits per heavy atom. The Bertz CT molecular complexity index is 346. The van der Waals surface area contributed by atoms with Gasteiger partial charge in [-0.05, 0) is 33.9 Å². The molecule has 0 spiro atoms. The van der Waals surface area contributed by atoms with Crippen LogP contribution in [0.15, 0.2) is 10.7 Å². The number of aliphatic hydroxyl groups is 1. The molecule has 6 heteroatoms. The molecule has 2 atom stereocenters. The number of hydrogen-bond acceptors (Lipinski definition) is 4. The van der Waals surface area contributed by atoms with E-state index < -0.39 is 6.10 Å². The second kappa shape index (κ2) is 7.41. The number of thioether (sulfide) groups is 1. The Hall–Kier alpha value is -0.0400. The lowest BCUT2D eigenvalue weighted by molar-refractivity contribution is 0.113. The molecule has 0 aromatic carbocycles. The van der Waals surface area contributed by atoms with E-state index in [4.69, 9.17) is 4.74 Å². The average Bonchev–Trinajstić information content (AvgIpc) is 2.67. The Morgan fingerprint density at radius 1 is 1.65 bits per heavy atom. The van der Waals surface area contributed by atoms with Gasteiger partial charge in [-0.3, -0.25) is 4.68 Å². The van der Waals surface area contributed by atoms with Gasteiger partial charge in [0, 0.05) is 7.11 Å². The van der Waals surface area contributed by atoms with Crippen molar-refractivity contribution in [2.24, 2.45) is 5.92 Å². The van der Waals surface area contributed by atoms with Crippen molar-refractivity contribution in [1.29, 1.82) is 0 Å². The third kappa shape index (κ3) is 3.98. The molecular weight excluding hydrogens is 304 g/mol. The van der Waals surface area contributed by atoms with Crippen LogP contribution in [0.1, 0.15) is 18.7 Å². The molecule has 1 rings (SSSR count). The Morgan fingerprint density at radius 3 is 2.94 bits per heavy atom. The van der Waals surface area contributed by atoms with Gasteiger partial charge in [-0.1, -0.05) is 6.92 Å². The third-order valence-electron chi connectivity index (χ3n) is 2.59. The number of ether oxygens (including phenoxy) is 1. The molecule has 17 heavy (non-hydrogen) atoms. The number of methoxy groups -OCH3 is 1. The van der Waals surface area contributed by atoms with Gasteiger partial charge in [-0.15, -0.1) is 0 Å². The summed E-state index contributed by atoms with van der Waals surface area (Å²) in [6, 6.07) is 0. The fraction of sp³-hybridized carbons (Fsp3) is 0.727. The second-order valence-electron chi connectivity index (χ2n) is 3.97. The topological polar surface area (TPSA) is 47.3 Å². The molecule has 98 valence electrons. The van der Waals surface area contributed by atoms with Crippen LogP contribution in [0.3, 0.4) is 0 Å². The van der Waals surface area contributed by atoms with Gasteiger partial charge >= 0.3 is 0 Å². The summed E-state index contributed by atoms with van der Waals surface area (Å²) >= 11 is 5.17. The molecule has 1 N–H and O–H groups in total. The lowest BCUT2D eigenvalue weighted by atomic mass is 10.0. The highest BCUT2D eigenvalue weighted by molar-refractivity contribution is 9.10. The molecule has 1 aromatic rings. The molecule has 0 aliphatic rings. The summed E-state index contributed by atoms with van der Waals surface area (Å²) in [5.74, 6) is 1.11. The highest BCUT2D eigenvalue weighted by Gasteiger charge is 2.23. The van der Waals surface area contributed by atoms with Crippen LogP contribution in [0.5, 0.6) is 0 Å². The number of halogens is 1. The molecule has 1 aromatic heterocycles. The number of nitrogens with zero attached hydrogens (tertiary/aromatic N) is 2. The van der Waals surface area contributed by atoms with E-state index in [0.717, 1.165) is 15.9 Å². The first-order valence-corrected chi connectivity index (χ1v) is 7.67. The lowest BCUT2D eigenvalue weighted by Crippen LogP contribution is -2.18. The van der Waals surface area contributed by atoms with Gasteiger partial charge in [0.2, 0.25) is 0 Å². The standard InChI is InChI=1S/C11H19BrN2O2S/c1-8(7-17-3)11(15)10-9(12)6-13-14(10)4-5-16-2/h6,8,11,15H,4-5,7H2,1-3H3. The van der Waals surface area contributed by atoms with Crippen molar-refractivity contribution in [3.63, 3.8) is 0 Å². The molecule has 0 aliphatic heterocycles. The minimum Gasteiger partial charge on any atom is -0.386 e. The van der Waals surface area contributed by atoms with Crippen molar-refractivity contribution >= 4 is 27.7 Å². The minimum atomic E-state index is -0.504. The van der Waals surface area contributed by atoms with Gasteiger partial charge in [-0.2, -0.15) is 16.9 Å². The second-order valence-corrected chi connectivity index (χ2v) is 5.74. The van der Waals surface area contributed by atoms with E-state index >= 15 is 0 Å². The Kier molecular flexibility index (Phi) is 6.54. The first kappa shape index (κ1) is 15.0. The molecule has 0 radical (unpaired) electrons. The maximum absolute atomic E-state index is 10.3.